The van der Waals surface area contributed by atoms with Crippen molar-refractivity contribution >= 4 is 39.1 Å². The Bertz CT molecular complexity index is 1140. The highest BCUT2D eigenvalue weighted by Crippen LogP contribution is 2.22. The summed E-state index contributed by atoms with van der Waals surface area (Å²) in [4.78, 5) is 28.1. The number of aryl methyl sites for hydroxylation is 1. The number of benzene rings is 2. The summed E-state index contributed by atoms with van der Waals surface area (Å²) in [6.07, 6.45) is 2.78. The van der Waals surface area contributed by atoms with Gasteiger partial charge in [-0.2, -0.15) is 0 Å². The van der Waals surface area contributed by atoms with Gasteiger partial charge in [-0.1, -0.05) is 55.8 Å². The van der Waals surface area contributed by atoms with Gasteiger partial charge in [-0.05, 0) is 62.4 Å². The van der Waals surface area contributed by atoms with E-state index in [1.54, 1.807) is 29.2 Å². The van der Waals surface area contributed by atoms with Crippen molar-refractivity contribution in [2.24, 2.45) is 0 Å². The van der Waals surface area contributed by atoms with Gasteiger partial charge < -0.3 is 10.2 Å². The first-order valence-corrected chi connectivity index (χ1v) is 14.6. The lowest BCUT2D eigenvalue weighted by atomic mass is 10.1. The fourth-order valence-electron chi connectivity index (χ4n) is 3.96. The van der Waals surface area contributed by atoms with Crippen LogP contribution in [0.15, 0.2) is 48.5 Å². The summed E-state index contributed by atoms with van der Waals surface area (Å²) in [5.74, 6) is -0.427. The second kappa shape index (κ2) is 13.7. The number of nitrogens with zero attached hydrogens (tertiary/aromatic N) is 2. The smallest absolute Gasteiger partial charge is 0.243 e. The van der Waals surface area contributed by atoms with Gasteiger partial charge in [0.25, 0.3) is 0 Å². The third-order valence-corrected chi connectivity index (χ3v) is 7.69. The molecule has 0 heterocycles. The van der Waals surface area contributed by atoms with Crippen LogP contribution in [0.4, 0.5) is 5.69 Å². The number of carbonyl (C=O) groups is 2. The Morgan fingerprint density at radius 3 is 2.33 bits per heavy atom. The summed E-state index contributed by atoms with van der Waals surface area (Å²) in [7, 11) is -3.53. The molecule has 2 rings (SSSR count). The molecular weight excluding hydrogens is 498 g/mol. The highest BCUT2D eigenvalue weighted by Gasteiger charge is 2.29. The number of hydrogen-bond acceptors (Lipinski definition) is 4. The zero-order valence-corrected chi connectivity index (χ0v) is 23.4. The van der Waals surface area contributed by atoms with E-state index in [1.807, 2.05) is 52.0 Å². The molecule has 2 amide bonds. The monoisotopic (exact) mass is 535 g/mol. The van der Waals surface area contributed by atoms with Gasteiger partial charge in [-0.3, -0.25) is 13.9 Å². The molecule has 2 atom stereocenters. The maximum absolute atomic E-state index is 13.5. The molecule has 1 N–H and O–H groups in total. The van der Waals surface area contributed by atoms with Crippen LogP contribution in [0.2, 0.25) is 5.02 Å². The number of sulfonamides is 1. The van der Waals surface area contributed by atoms with Crippen LogP contribution < -0.4 is 9.62 Å². The van der Waals surface area contributed by atoms with E-state index < -0.39 is 16.1 Å². The van der Waals surface area contributed by atoms with E-state index in [0.29, 0.717) is 23.6 Å². The zero-order chi connectivity index (χ0) is 26.9. The average molecular weight is 536 g/mol. The molecule has 2 aromatic rings. The number of nitrogens with one attached hydrogen (secondary N) is 1. The van der Waals surface area contributed by atoms with E-state index in [2.05, 4.69) is 5.32 Å². The predicted molar refractivity (Wildman–Crippen MR) is 147 cm³/mol. The number of anilines is 1. The molecule has 0 radical (unpaired) electrons. The lowest BCUT2D eigenvalue weighted by Crippen LogP contribution is -2.50. The molecule has 0 spiro atoms. The lowest BCUT2D eigenvalue weighted by Gasteiger charge is -2.32. The Kier molecular flexibility index (Phi) is 11.2. The lowest BCUT2D eigenvalue weighted by molar-refractivity contribution is -0.141. The Labute approximate surface area is 220 Å². The van der Waals surface area contributed by atoms with Crippen molar-refractivity contribution in [3.8, 4) is 0 Å². The minimum atomic E-state index is -3.53. The molecule has 0 saturated heterocycles. The van der Waals surface area contributed by atoms with Gasteiger partial charge in [0.05, 0.1) is 11.9 Å². The Balaban J connectivity index is 2.24. The molecule has 0 bridgehead atoms. The third kappa shape index (κ3) is 8.52. The van der Waals surface area contributed by atoms with E-state index in [0.717, 1.165) is 23.8 Å². The van der Waals surface area contributed by atoms with Gasteiger partial charge in [-0.25, -0.2) is 8.42 Å². The van der Waals surface area contributed by atoms with Crippen LogP contribution in [0.5, 0.6) is 0 Å². The Hall–Kier alpha value is -2.58. The zero-order valence-electron chi connectivity index (χ0n) is 21.8. The first-order chi connectivity index (χ1) is 17.0. The topological polar surface area (TPSA) is 86.8 Å². The first-order valence-electron chi connectivity index (χ1n) is 12.4. The van der Waals surface area contributed by atoms with E-state index in [4.69, 9.17) is 11.6 Å². The molecule has 198 valence electrons. The van der Waals surface area contributed by atoms with Crippen LogP contribution in [-0.4, -0.2) is 50.0 Å². The molecule has 0 fully saturated rings. The largest absolute Gasteiger partial charge is 0.352 e. The van der Waals surface area contributed by atoms with Gasteiger partial charge >= 0.3 is 0 Å². The molecule has 0 unspecified atom stereocenters. The highest BCUT2D eigenvalue weighted by atomic mass is 35.5. The summed E-state index contributed by atoms with van der Waals surface area (Å²) in [5.41, 5.74) is 2.26. The average Bonchev–Trinajstić information content (AvgIpc) is 2.81. The van der Waals surface area contributed by atoms with Gasteiger partial charge in [0.1, 0.15) is 6.04 Å². The molecule has 0 aliphatic carbocycles. The van der Waals surface area contributed by atoms with Crippen LogP contribution in [0.3, 0.4) is 0 Å². The second-order valence-corrected chi connectivity index (χ2v) is 11.4. The molecule has 7 nitrogen and oxygen atoms in total. The number of amides is 2. The SMILES string of the molecule is CC[C@H](C)NC(=O)[C@H](CC)N(Cc1ccccc1Cl)C(=O)CCCN(c1cccc(C)c1)S(C)(=O)=O. The molecule has 9 heteroatoms. The van der Waals surface area contributed by atoms with Gasteiger partial charge in [-0.15, -0.1) is 0 Å². The van der Waals surface area contributed by atoms with Crippen LogP contribution in [-0.2, 0) is 26.2 Å². The van der Waals surface area contributed by atoms with Crippen LogP contribution in [0.1, 0.15) is 57.6 Å². The Morgan fingerprint density at radius 1 is 1.06 bits per heavy atom. The van der Waals surface area contributed by atoms with E-state index in [9.17, 15) is 18.0 Å². The standard InChI is InChI=1S/C27H38ClN3O4S/c1-6-21(4)29-27(33)25(7-2)30(19-22-13-8-9-15-24(22)28)26(32)16-11-17-31(36(5,34)35)23-14-10-12-20(3)18-23/h8-10,12-15,18,21,25H,6-7,11,16-17,19H2,1-5H3,(H,29,33)/t21-,25-/m0/s1. The Morgan fingerprint density at radius 2 is 1.75 bits per heavy atom. The predicted octanol–water partition coefficient (Wildman–Crippen LogP) is 4.92. The first kappa shape index (κ1) is 29.6. The summed E-state index contributed by atoms with van der Waals surface area (Å²) in [5, 5.41) is 3.51. The number of hydrogen-bond donors (Lipinski definition) is 1. The van der Waals surface area contributed by atoms with E-state index in [1.165, 1.54) is 4.31 Å². The van der Waals surface area contributed by atoms with Crippen LogP contribution in [0, 0.1) is 6.92 Å². The molecule has 0 saturated carbocycles. The van der Waals surface area contributed by atoms with Crippen LogP contribution in [0.25, 0.3) is 0 Å². The van der Waals surface area contributed by atoms with Crippen molar-refractivity contribution in [2.75, 3.05) is 17.1 Å². The van der Waals surface area contributed by atoms with Crippen molar-refractivity contribution < 1.29 is 18.0 Å². The molecule has 0 aliphatic heterocycles. The molecule has 0 aromatic heterocycles. The minimum Gasteiger partial charge on any atom is -0.352 e. The van der Waals surface area contributed by atoms with Gasteiger partial charge in [0.2, 0.25) is 21.8 Å². The fraction of sp³-hybridized carbons (Fsp3) is 0.481. The summed E-state index contributed by atoms with van der Waals surface area (Å²) in [6.45, 7) is 8.03. The summed E-state index contributed by atoms with van der Waals surface area (Å²) >= 11 is 6.37. The maximum Gasteiger partial charge on any atom is 0.243 e. The third-order valence-electron chi connectivity index (χ3n) is 6.13. The van der Waals surface area contributed by atoms with Gasteiger partial charge in [0.15, 0.2) is 0 Å². The van der Waals surface area contributed by atoms with Crippen molar-refractivity contribution in [1.29, 1.82) is 0 Å². The minimum absolute atomic E-state index is 0.0125. The molecular formula is C27H38ClN3O4S. The highest BCUT2D eigenvalue weighted by molar-refractivity contribution is 7.92. The van der Waals surface area contributed by atoms with Crippen molar-refractivity contribution in [2.45, 2.75) is 72.0 Å². The summed E-state index contributed by atoms with van der Waals surface area (Å²) in [6, 6.07) is 13.8. The van der Waals surface area contributed by atoms with Crippen molar-refractivity contribution in [3.05, 3.63) is 64.7 Å². The van der Waals surface area contributed by atoms with Gasteiger partial charge in [0, 0.05) is 30.6 Å². The van der Waals surface area contributed by atoms with Crippen molar-refractivity contribution in [3.63, 3.8) is 0 Å². The number of halogens is 1. The number of carbonyl (C=O) groups excluding carboxylic acids is 2. The molecule has 2 aromatic carbocycles. The van der Waals surface area contributed by atoms with E-state index in [-0.39, 0.29) is 37.4 Å². The normalized spacial score (nSPS) is 13.1. The summed E-state index contributed by atoms with van der Waals surface area (Å²) < 4.78 is 26.3. The van der Waals surface area contributed by atoms with Crippen molar-refractivity contribution in [1.82, 2.24) is 10.2 Å². The fourth-order valence-corrected chi connectivity index (χ4v) is 5.11. The second-order valence-electron chi connectivity index (χ2n) is 9.13. The molecule has 0 aliphatic rings. The maximum atomic E-state index is 13.5. The molecule has 36 heavy (non-hydrogen) atoms. The number of rotatable bonds is 13. The quantitative estimate of drug-likeness (QED) is 0.394. The van der Waals surface area contributed by atoms with Crippen LogP contribution >= 0.6 is 11.6 Å². The van der Waals surface area contributed by atoms with E-state index >= 15 is 0 Å².